The van der Waals surface area contributed by atoms with E-state index in [9.17, 15) is 4.79 Å². The Hall–Kier alpha value is -1.55. The van der Waals surface area contributed by atoms with Crippen molar-refractivity contribution in [3.63, 3.8) is 0 Å². The van der Waals surface area contributed by atoms with Crippen LogP contribution in [0.3, 0.4) is 0 Å². The number of amides is 2. The fourth-order valence-electron chi connectivity index (χ4n) is 2.27. The molecule has 4 heteroatoms. The normalized spacial score (nSPS) is 16.1. The molecule has 0 unspecified atom stereocenters. The van der Waals surface area contributed by atoms with Gasteiger partial charge in [-0.25, -0.2) is 4.79 Å². The van der Waals surface area contributed by atoms with E-state index in [2.05, 4.69) is 35.8 Å². The minimum absolute atomic E-state index is 0.0699. The molecule has 2 N–H and O–H groups in total. The number of carbonyl (C=O) groups is 1. The van der Waals surface area contributed by atoms with Crippen LogP contribution in [0.25, 0.3) is 0 Å². The molecule has 1 heterocycles. The predicted molar refractivity (Wildman–Crippen MR) is 75.3 cm³/mol. The highest BCUT2D eigenvalue weighted by Gasteiger charge is 2.15. The lowest BCUT2D eigenvalue weighted by Crippen LogP contribution is -2.44. The summed E-state index contributed by atoms with van der Waals surface area (Å²) in [6, 6.07) is 8.55. The first-order valence-corrected chi connectivity index (χ1v) is 6.92. The Labute approximate surface area is 114 Å². The minimum atomic E-state index is -0.0699. The lowest BCUT2D eigenvalue weighted by molar-refractivity contribution is 0.0801. The van der Waals surface area contributed by atoms with Crippen molar-refractivity contribution in [2.45, 2.75) is 32.2 Å². The van der Waals surface area contributed by atoms with Crippen molar-refractivity contribution in [3.05, 3.63) is 35.4 Å². The maximum absolute atomic E-state index is 11.7. The number of hydrogen-bond acceptors (Lipinski definition) is 2. The fourth-order valence-corrected chi connectivity index (χ4v) is 2.27. The summed E-state index contributed by atoms with van der Waals surface area (Å²) in [5.74, 6) is 0. The molecule has 0 radical (unpaired) electrons. The second kappa shape index (κ2) is 7.14. The van der Waals surface area contributed by atoms with Crippen molar-refractivity contribution < 1.29 is 9.53 Å². The van der Waals surface area contributed by atoms with Gasteiger partial charge in [0.1, 0.15) is 0 Å². The summed E-state index contributed by atoms with van der Waals surface area (Å²) < 4.78 is 5.26. The first-order valence-electron chi connectivity index (χ1n) is 6.92. The number of ether oxygens (including phenoxy) is 1. The zero-order valence-corrected chi connectivity index (χ0v) is 11.4. The van der Waals surface area contributed by atoms with E-state index in [0.29, 0.717) is 6.54 Å². The molecule has 19 heavy (non-hydrogen) atoms. The Morgan fingerprint density at radius 2 is 2.16 bits per heavy atom. The molecule has 0 aromatic heterocycles. The number of hydrogen-bond donors (Lipinski definition) is 2. The van der Waals surface area contributed by atoms with Crippen LogP contribution in [0.5, 0.6) is 0 Å². The Bertz CT molecular complexity index is 414. The summed E-state index contributed by atoms with van der Waals surface area (Å²) in [5.41, 5.74) is 2.51. The third-order valence-electron chi connectivity index (χ3n) is 3.34. The number of carbonyl (C=O) groups excluding carboxylic acids is 1. The van der Waals surface area contributed by atoms with Gasteiger partial charge in [-0.1, -0.05) is 29.8 Å². The minimum Gasteiger partial charge on any atom is -0.381 e. The molecule has 1 fully saturated rings. The van der Waals surface area contributed by atoms with Gasteiger partial charge in [0.25, 0.3) is 0 Å². The monoisotopic (exact) mass is 262 g/mol. The third kappa shape index (κ3) is 4.91. The average molecular weight is 262 g/mol. The van der Waals surface area contributed by atoms with E-state index in [4.69, 9.17) is 4.74 Å². The van der Waals surface area contributed by atoms with Gasteiger partial charge in [0.05, 0.1) is 0 Å². The summed E-state index contributed by atoms with van der Waals surface area (Å²) in [6.07, 6.45) is 2.68. The maximum atomic E-state index is 11.7. The van der Waals surface area contributed by atoms with Crippen LogP contribution in [0.1, 0.15) is 24.0 Å². The molecule has 1 saturated heterocycles. The Balaban J connectivity index is 1.66. The van der Waals surface area contributed by atoms with Gasteiger partial charge in [-0.3, -0.25) is 0 Å². The van der Waals surface area contributed by atoms with E-state index >= 15 is 0 Å². The Kier molecular flexibility index (Phi) is 5.21. The zero-order chi connectivity index (χ0) is 13.5. The molecule has 0 atom stereocenters. The molecule has 1 aliphatic rings. The van der Waals surface area contributed by atoms with Crippen LogP contribution < -0.4 is 10.6 Å². The van der Waals surface area contributed by atoms with Gasteiger partial charge < -0.3 is 15.4 Å². The second-order valence-corrected chi connectivity index (χ2v) is 5.03. The van der Waals surface area contributed by atoms with Gasteiger partial charge in [0, 0.05) is 25.8 Å². The summed E-state index contributed by atoms with van der Waals surface area (Å²) in [5, 5.41) is 5.89. The molecular formula is C15H22N2O2. The van der Waals surface area contributed by atoms with Crippen LogP contribution in [0.2, 0.25) is 0 Å². The van der Waals surface area contributed by atoms with Gasteiger partial charge in [0.15, 0.2) is 0 Å². The van der Waals surface area contributed by atoms with Crippen LogP contribution >= 0.6 is 0 Å². The highest BCUT2D eigenvalue weighted by atomic mass is 16.5. The Morgan fingerprint density at radius 3 is 2.89 bits per heavy atom. The van der Waals surface area contributed by atoms with E-state index in [-0.39, 0.29) is 12.1 Å². The first-order chi connectivity index (χ1) is 9.24. The second-order valence-electron chi connectivity index (χ2n) is 5.03. The lowest BCUT2D eigenvalue weighted by atomic mass is 10.1. The summed E-state index contributed by atoms with van der Waals surface area (Å²) in [6.45, 7) is 4.23. The molecule has 4 nitrogen and oxygen atoms in total. The topological polar surface area (TPSA) is 50.4 Å². The smallest absolute Gasteiger partial charge is 0.315 e. The predicted octanol–water partition coefficient (Wildman–Crippen LogP) is 2.02. The molecule has 0 spiro atoms. The van der Waals surface area contributed by atoms with Gasteiger partial charge in [-0.05, 0) is 31.7 Å². The van der Waals surface area contributed by atoms with Crippen LogP contribution in [0.4, 0.5) is 4.79 Å². The molecule has 1 aromatic carbocycles. The number of urea groups is 1. The quantitative estimate of drug-likeness (QED) is 0.872. The molecule has 1 aromatic rings. The van der Waals surface area contributed by atoms with Gasteiger partial charge in [-0.15, -0.1) is 0 Å². The van der Waals surface area contributed by atoms with Crippen molar-refractivity contribution in [3.8, 4) is 0 Å². The summed E-state index contributed by atoms with van der Waals surface area (Å²) in [7, 11) is 0. The Morgan fingerprint density at radius 1 is 1.37 bits per heavy atom. The first kappa shape index (κ1) is 13.9. The van der Waals surface area contributed by atoms with Crippen molar-refractivity contribution in [1.82, 2.24) is 10.6 Å². The van der Waals surface area contributed by atoms with Gasteiger partial charge in [0.2, 0.25) is 0 Å². The van der Waals surface area contributed by atoms with Crippen molar-refractivity contribution in [1.29, 1.82) is 0 Å². The maximum Gasteiger partial charge on any atom is 0.315 e. The molecular weight excluding hydrogens is 240 g/mol. The van der Waals surface area contributed by atoms with E-state index in [1.807, 2.05) is 6.07 Å². The van der Waals surface area contributed by atoms with Gasteiger partial charge >= 0.3 is 6.03 Å². The molecule has 0 saturated carbocycles. The number of benzene rings is 1. The molecule has 0 bridgehead atoms. The largest absolute Gasteiger partial charge is 0.381 e. The standard InChI is InChI=1S/C15H22N2O2/c1-12-3-2-4-13(11-12)5-8-16-15(18)17-14-6-9-19-10-7-14/h2-4,11,14H,5-10H2,1H3,(H2,16,17,18). The number of rotatable bonds is 4. The van der Waals surface area contributed by atoms with Crippen LogP contribution in [0, 0.1) is 6.92 Å². The van der Waals surface area contributed by atoms with E-state index in [0.717, 1.165) is 32.5 Å². The third-order valence-corrected chi connectivity index (χ3v) is 3.34. The summed E-state index contributed by atoms with van der Waals surface area (Å²) in [4.78, 5) is 11.7. The van der Waals surface area contributed by atoms with Crippen LogP contribution in [-0.2, 0) is 11.2 Å². The lowest BCUT2D eigenvalue weighted by Gasteiger charge is -2.23. The molecule has 2 rings (SSSR count). The van der Waals surface area contributed by atoms with Gasteiger partial charge in [-0.2, -0.15) is 0 Å². The van der Waals surface area contributed by atoms with Crippen LogP contribution in [0.15, 0.2) is 24.3 Å². The fraction of sp³-hybridized carbons (Fsp3) is 0.533. The van der Waals surface area contributed by atoms with E-state index < -0.39 is 0 Å². The SMILES string of the molecule is Cc1cccc(CCNC(=O)NC2CCOCC2)c1. The van der Waals surface area contributed by atoms with E-state index in [1.165, 1.54) is 11.1 Å². The number of nitrogens with one attached hydrogen (secondary N) is 2. The van der Waals surface area contributed by atoms with Crippen molar-refractivity contribution in [2.24, 2.45) is 0 Å². The molecule has 2 amide bonds. The highest BCUT2D eigenvalue weighted by molar-refractivity contribution is 5.74. The zero-order valence-electron chi connectivity index (χ0n) is 11.4. The molecule has 104 valence electrons. The molecule has 0 aliphatic carbocycles. The van der Waals surface area contributed by atoms with Crippen LogP contribution in [-0.4, -0.2) is 31.8 Å². The molecule has 1 aliphatic heterocycles. The summed E-state index contributed by atoms with van der Waals surface area (Å²) >= 11 is 0. The highest BCUT2D eigenvalue weighted by Crippen LogP contribution is 2.06. The average Bonchev–Trinajstić information content (AvgIpc) is 2.40. The number of aryl methyl sites for hydroxylation is 1. The van der Waals surface area contributed by atoms with E-state index in [1.54, 1.807) is 0 Å². The van der Waals surface area contributed by atoms with Crippen molar-refractivity contribution >= 4 is 6.03 Å². The van der Waals surface area contributed by atoms with Crippen molar-refractivity contribution in [2.75, 3.05) is 19.8 Å².